The van der Waals surface area contributed by atoms with Gasteiger partial charge in [-0.15, -0.1) is 0 Å². The van der Waals surface area contributed by atoms with E-state index in [0.717, 1.165) is 6.42 Å². The van der Waals surface area contributed by atoms with Crippen molar-refractivity contribution in [2.75, 3.05) is 6.61 Å². The molecule has 3 nitrogen and oxygen atoms in total. The van der Waals surface area contributed by atoms with Crippen molar-refractivity contribution < 1.29 is 9.53 Å². The molecule has 0 bridgehead atoms. The maximum Gasteiger partial charge on any atom is 0.246 e. The third-order valence-corrected chi connectivity index (χ3v) is 3.90. The van der Waals surface area contributed by atoms with Gasteiger partial charge in [-0.25, -0.2) is 0 Å². The van der Waals surface area contributed by atoms with Crippen molar-refractivity contribution in [2.24, 2.45) is 17.8 Å². The van der Waals surface area contributed by atoms with Gasteiger partial charge in [0.2, 0.25) is 5.91 Å². The van der Waals surface area contributed by atoms with Crippen LogP contribution in [-0.2, 0) is 9.53 Å². The minimum atomic E-state index is -0.183. The zero-order chi connectivity index (χ0) is 14.6. The Labute approximate surface area is 118 Å². The topological polar surface area (TPSA) is 38.3 Å². The van der Waals surface area contributed by atoms with Gasteiger partial charge in [0, 0.05) is 5.54 Å². The number of nitrogens with one attached hydrogen (secondary N) is 1. The van der Waals surface area contributed by atoms with Crippen LogP contribution >= 0.6 is 0 Å². The summed E-state index contributed by atoms with van der Waals surface area (Å²) in [6.07, 6.45) is 3.85. The molecule has 1 aliphatic rings. The molecule has 3 heteroatoms. The Morgan fingerprint density at radius 3 is 2.47 bits per heavy atom. The van der Waals surface area contributed by atoms with E-state index in [2.05, 4.69) is 26.1 Å². The van der Waals surface area contributed by atoms with Gasteiger partial charge in [-0.3, -0.25) is 4.79 Å². The van der Waals surface area contributed by atoms with Gasteiger partial charge in [-0.1, -0.05) is 27.2 Å². The average Bonchev–Trinajstić information content (AvgIpc) is 2.23. The van der Waals surface area contributed by atoms with Crippen LogP contribution in [-0.4, -0.2) is 24.2 Å². The number of carbonyl (C=O) groups is 1. The van der Waals surface area contributed by atoms with Gasteiger partial charge >= 0.3 is 0 Å². The number of hydrogen-bond donors (Lipinski definition) is 1. The van der Waals surface area contributed by atoms with Gasteiger partial charge in [0.25, 0.3) is 0 Å². The molecule has 0 aromatic rings. The first kappa shape index (κ1) is 16.5. The second-order valence-corrected chi connectivity index (χ2v) is 7.47. The Balaban J connectivity index is 2.46. The monoisotopic (exact) mass is 269 g/mol. The van der Waals surface area contributed by atoms with E-state index < -0.39 is 0 Å². The van der Waals surface area contributed by atoms with Crippen molar-refractivity contribution >= 4 is 5.91 Å². The summed E-state index contributed by atoms with van der Waals surface area (Å²) >= 11 is 0. The smallest absolute Gasteiger partial charge is 0.246 e. The lowest BCUT2D eigenvalue weighted by Crippen LogP contribution is -2.44. The summed E-state index contributed by atoms with van der Waals surface area (Å²) in [5.41, 5.74) is -0.183. The number of hydrogen-bond acceptors (Lipinski definition) is 2. The van der Waals surface area contributed by atoms with E-state index in [1.807, 2.05) is 20.8 Å². The molecule has 1 fully saturated rings. The Kier molecular flexibility index (Phi) is 5.84. The van der Waals surface area contributed by atoms with Crippen LogP contribution in [0.5, 0.6) is 0 Å². The minimum Gasteiger partial charge on any atom is -0.368 e. The Morgan fingerprint density at radius 2 is 1.95 bits per heavy atom. The summed E-state index contributed by atoms with van der Waals surface area (Å²) in [6, 6.07) is 0. The third-order valence-electron chi connectivity index (χ3n) is 3.90. The summed E-state index contributed by atoms with van der Waals surface area (Å²) in [5, 5.41) is 2.95. The normalized spacial score (nSPS) is 28.5. The summed E-state index contributed by atoms with van der Waals surface area (Å²) in [4.78, 5) is 11.8. The molecule has 0 aliphatic heterocycles. The van der Waals surface area contributed by atoms with Gasteiger partial charge < -0.3 is 10.1 Å². The van der Waals surface area contributed by atoms with Crippen LogP contribution in [0.15, 0.2) is 0 Å². The fraction of sp³-hybridized carbons (Fsp3) is 0.938. The highest BCUT2D eigenvalue weighted by Gasteiger charge is 2.31. The van der Waals surface area contributed by atoms with E-state index in [9.17, 15) is 4.79 Å². The summed E-state index contributed by atoms with van der Waals surface area (Å²) < 4.78 is 5.92. The second-order valence-electron chi connectivity index (χ2n) is 7.47. The highest BCUT2D eigenvalue weighted by atomic mass is 16.5. The highest BCUT2D eigenvalue weighted by Crippen LogP contribution is 2.35. The maximum absolute atomic E-state index is 11.8. The Hall–Kier alpha value is -0.570. The van der Waals surface area contributed by atoms with E-state index in [1.165, 1.54) is 12.8 Å². The summed E-state index contributed by atoms with van der Waals surface area (Å²) in [7, 11) is 0. The van der Waals surface area contributed by atoms with E-state index in [4.69, 9.17) is 4.74 Å². The molecule has 0 spiro atoms. The Bertz CT molecular complexity index is 294. The maximum atomic E-state index is 11.8. The average molecular weight is 269 g/mol. The SMILES string of the molecule is CC(C)C1CC[C@@H](C)C[C@H]1OCC(=O)NC(C)(C)C. The molecule has 19 heavy (non-hydrogen) atoms. The quantitative estimate of drug-likeness (QED) is 0.849. The van der Waals surface area contributed by atoms with Crippen molar-refractivity contribution in [2.45, 2.75) is 72.4 Å². The lowest BCUT2D eigenvalue weighted by atomic mass is 9.75. The predicted molar refractivity (Wildman–Crippen MR) is 79.0 cm³/mol. The molecule has 3 atom stereocenters. The van der Waals surface area contributed by atoms with E-state index in [1.54, 1.807) is 0 Å². The lowest BCUT2D eigenvalue weighted by Gasteiger charge is -2.37. The zero-order valence-corrected chi connectivity index (χ0v) is 13.5. The molecule has 1 rings (SSSR count). The molecule has 0 aromatic carbocycles. The number of rotatable bonds is 4. The molecule has 112 valence electrons. The van der Waals surface area contributed by atoms with Gasteiger partial charge in [0.15, 0.2) is 0 Å². The lowest BCUT2D eigenvalue weighted by molar-refractivity contribution is -0.132. The molecule has 0 saturated heterocycles. The molecule has 0 heterocycles. The van der Waals surface area contributed by atoms with Crippen LogP contribution in [0.25, 0.3) is 0 Å². The van der Waals surface area contributed by atoms with E-state index in [-0.39, 0.29) is 24.2 Å². The number of ether oxygens (including phenoxy) is 1. The molecular formula is C16H31NO2. The summed E-state index contributed by atoms with van der Waals surface area (Å²) in [5.74, 6) is 1.93. The minimum absolute atomic E-state index is 0.00627. The zero-order valence-electron chi connectivity index (χ0n) is 13.5. The standard InChI is InChI=1S/C16H31NO2/c1-11(2)13-8-7-12(3)9-14(13)19-10-15(18)17-16(4,5)6/h11-14H,7-10H2,1-6H3,(H,17,18)/t12-,13?,14-/m1/s1. The molecule has 1 aliphatic carbocycles. The summed E-state index contributed by atoms with van der Waals surface area (Å²) in [6.45, 7) is 13.0. The van der Waals surface area contributed by atoms with Gasteiger partial charge in [-0.05, 0) is 51.4 Å². The molecular weight excluding hydrogens is 238 g/mol. The first-order chi connectivity index (χ1) is 8.69. The molecule has 1 amide bonds. The largest absolute Gasteiger partial charge is 0.368 e. The van der Waals surface area contributed by atoms with E-state index in [0.29, 0.717) is 17.8 Å². The van der Waals surface area contributed by atoms with Gasteiger partial charge in [0.05, 0.1) is 6.10 Å². The van der Waals surface area contributed by atoms with Crippen LogP contribution in [0.1, 0.15) is 60.8 Å². The van der Waals surface area contributed by atoms with Crippen molar-refractivity contribution in [3.63, 3.8) is 0 Å². The second kappa shape index (κ2) is 6.74. The highest BCUT2D eigenvalue weighted by molar-refractivity contribution is 5.77. The van der Waals surface area contributed by atoms with Crippen LogP contribution in [0.4, 0.5) is 0 Å². The van der Waals surface area contributed by atoms with Crippen LogP contribution in [0.3, 0.4) is 0 Å². The van der Waals surface area contributed by atoms with Crippen molar-refractivity contribution in [1.82, 2.24) is 5.32 Å². The van der Waals surface area contributed by atoms with Crippen molar-refractivity contribution in [3.8, 4) is 0 Å². The van der Waals surface area contributed by atoms with Crippen molar-refractivity contribution in [3.05, 3.63) is 0 Å². The first-order valence-electron chi connectivity index (χ1n) is 7.61. The number of carbonyl (C=O) groups excluding carboxylic acids is 1. The fourth-order valence-electron chi connectivity index (χ4n) is 2.94. The van der Waals surface area contributed by atoms with Gasteiger partial charge in [-0.2, -0.15) is 0 Å². The predicted octanol–water partition coefficient (Wildman–Crippen LogP) is 3.38. The molecule has 0 radical (unpaired) electrons. The van der Waals surface area contributed by atoms with Crippen LogP contribution < -0.4 is 5.32 Å². The molecule has 0 aromatic heterocycles. The van der Waals surface area contributed by atoms with E-state index >= 15 is 0 Å². The van der Waals surface area contributed by atoms with Crippen molar-refractivity contribution in [1.29, 1.82) is 0 Å². The third kappa shape index (κ3) is 5.94. The van der Waals surface area contributed by atoms with Crippen LogP contribution in [0.2, 0.25) is 0 Å². The van der Waals surface area contributed by atoms with Gasteiger partial charge in [0.1, 0.15) is 6.61 Å². The fourth-order valence-corrected chi connectivity index (χ4v) is 2.94. The first-order valence-corrected chi connectivity index (χ1v) is 7.61. The molecule has 1 N–H and O–H groups in total. The molecule has 1 saturated carbocycles. The Morgan fingerprint density at radius 1 is 1.32 bits per heavy atom. The number of amides is 1. The van der Waals surface area contributed by atoms with Crippen LogP contribution in [0, 0.1) is 17.8 Å². The molecule has 1 unspecified atom stereocenters.